The van der Waals surface area contributed by atoms with Crippen molar-refractivity contribution in [1.29, 1.82) is 0 Å². The molecule has 1 aromatic carbocycles. The number of hydrazine groups is 1. The summed E-state index contributed by atoms with van der Waals surface area (Å²) >= 11 is 8.28. The molecule has 2 rings (SSSR count). The smallest absolute Gasteiger partial charge is 0.0441 e. The molecule has 0 bridgehead atoms. The van der Waals surface area contributed by atoms with Gasteiger partial charge in [-0.2, -0.15) is 11.8 Å². The molecule has 1 fully saturated rings. The van der Waals surface area contributed by atoms with Crippen molar-refractivity contribution in [3.8, 4) is 0 Å². The van der Waals surface area contributed by atoms with Gasteiger partial charge in [0.25, 0.3) is 0 Å². The number of hydrogen-bond donors (Lipinski definition) is 2. The molecule has 1 aromatic rings. The number of aryl methyl sites for hydroxylation is 1. The van der Waals surface area contributed by atoms with Crippen LogP contribution in [0.15, 0.2) is 18.2 Å². The van der Waals surface area contributed by atoms with Crippen molar-refractivity contribution in [2.75, 3.05) is 11.5 Å². The fraction of sp³-hybridized carbons (Fsp3) is 0.538. The van der Waals surface area contributed by atoms with Crippen molar-refractivity contribution >= 4 is 23.4 Å². The summed E-state index contributed by atoms with van der Waals surface area (Å²) in [5.41, 5.74) is 5.36. The van der Waals surface area contributed by atoms with E-state index in [0.29, 0.717) is 12.0 Å². The van der Waals surface area contributed by atoms with Crippen LogP contribution >= 0.6 is 23.4 Å². The molecule has 0 aliphatic carbocycles. The molecule has 3 N–H and O–H groups in total. The maximum atomic E-state index is 6.26. The molecule has 1 aliphatic rings. The van der Waals surface area contributed by atoms with Crippen molar-refractivity contribution in [2.24, 2.45) is 11.8 Å². The number of rotatable bonds is 4. The zero-order valence-electron chi connectivity index (χ0n) is 10.1. The standard InChI is InChI=1S/C13H19ClN2S/c1-9-2-3-10(12(14)6-9)7-13(16-15)11-4-5-17-8-11/h2-3,6,11,13,16H,4-5,7-8,15H2,1H3. The second kappa shape index (κ2) is 6.10. The second-order valence-corrected chi connectivity index (χ2v) is 6.25. The van der Waals surface area contributed by atoms with E-state index < -0.39 is 0 Å². The van der Waals surface area contributed by atoms with Crippen LogP contribution in [-0.2, 0) is 6.42 Å². The molecule has 17 heavy (non-hydrogen) atoms. The van der Waals surface area contributed by atoms with Gasteiger partial charge in [-0.15, -0.1) is 0 Å². The molecule has 1 saturated heterocycles. The van der Waals surface area contributed by atoms with E-state index in [1.165, 1.54) is 29.1 Å². The minimum Gasteiger partial charge on any atom is -0.271 e. The van der Waals surface area contributed by atoms with Crippen LogP contribution < -0.4 is 11.3 Å². The van der Waals surface area contributed by atoms with Crippen LogP contribution in [0.1, 0.15) is 17.5 Å². The summed E-state index contributed by atoms with van der Waals surface area (Å²) in [5, 5.41) is 0.857. The van der Waals surface area contributed by atoms with Crippen LogP contribution in [0.2, 0.25) is 5.02 Å². The lowest BCUT2D eigenvalue weighted by atomic mass is 9.93. The van der Waals surface area contributed by atoms with Crippen LogP contribution in [0.4, 0.5) is 0 Å². The highest BCUT2D eigenvalue weighted by atomic mass is 35.5. The topological polar surface area (TPSA) is 38.0 Å². The van der Waals surface area contributed by atoms with E-state index in [-0.39, 0.29) is 0 Å². The van der Waals surface area contributed by atoms with Gasteiger partial charge in [0, 0.05) is 11.1 Å². The number of benzene rings is 1. The molecular weight excluding hydrogens is 252 g/mol. The lowest BCUT2D eigenvalue weighted by Gasteiger charge is -2.22. The van der Waals surface area contributed by atoms with E-state index in [4.69, 9.17) is 17.4 Å². The van der Waals surface area contributed by atoms with E-state index >= 15 is 0 Å². The van der Waals surface area contributed by atoms with E-state index in [9.17, 15) is 0 Å². The molecular formula is C13H19ClN2S. The van der Waals surface area contributed by atoms with Gasteiger partial charge in [0.05, 0.1) is 0 Å². The molecule has 94 valence electrons. The summed E-state index contributed by atoms with van der Waals surface area (Å²) in [6, 6.07) is 6.58. The molecule has 1 heterocycles. The van der Waals surface area contributed by atoms with Crippen molar-refractivity contribution in [1.82, 2.24) is 5.43 Å². The summed E-state index contributed by atoms with van der Waals surface area (Å²) in [5.74, 6) is 8.81. The fourth-order valence-corrected chi connectivity index (χ4v) is 3.94. The monoisotopic (exact) mass is 270 g/mol. The average molecular weight is 271 g/mol. The number of nitrogens with two attached hydrogens (primary N) is 1. The van der Waals surface area contributed by atoms with Gasteiger partial charge in [-0.3, -0.25) is 11.3 Å². The van der Waals surface area contributed by atoms with Gasteiger partial charge in [-0.1, -0.05) is 23.7 Å². The SMILES string of the molecule is Cc1ccc(CC(NN)C2CCSC2)c(Cl)c1. The molecule has 0 aromatic heterocycles. The Morgan fingerprint density at radius 3 is 3.00 bits per heavy atom. The third kappa shape index (κ3) is 3.38. The molecule has 2 unspecified atom stereocenters. The predicted octanol–water partition coefficient (Wildman–Crippen LogP) is 2.78. The molecule has 0 saturated carbocycles. The second-order valence-electron chi connectivity index (χ2n) is 4.70. The van der Waals surface area contributed by atoms with Crippen molar-refractivity contribution in [3.63, 3.8) is 0 Å². The molecule has 0 radical (unpaired) electrons. The Morgan fingerprint density at radius 1 is 1.59 bits per heavy atom. The average Bonchev–Trinajstić information content (AvgIpc) is 2.81. The molecule has 2 atom stereocenters. The molecule has 0 amide bonds. The number of hydrogen-bond acceptors (Lipinski definition) is 3. The minimum atomic E-state index is 0.338. The van der Waals surface area contributed by atoms with Crippen LogP contribution in [0.3, 0.4) is 0 Å². The van der Waals surface area contributed by atoms with E-state index in [2.05, 4.69) is 24.5 Å². The Labute approximate surface area is 112 Å². The third-order valence-corrected chi connectivity index (χ3v) is 4.94. The van der Waals surface area contributed by atoms with Crippen molar-refractivity contribution in [3.05, 3.63) is 34.3 Å². The highest BCUT2D eigenvalue weighted by Gasteiger charge is 2.25. The van der Waals surface area contributed by atoms with E-state index in [0.717, 1.165) is 11.4 Å². The Balaban J connectivity index is 2.06. The van der Waals surface area contributed by atoms with Gasteiger partial charge in [0.2, 0.25) is 0 Å². The number of halogens is 1. The highest BCUT2D eigenvalue weighted by molar-refractivity contribution is 7.99. The van der Waals surface area contributed by atoms with E-state index in [1.54, 1.807) is 0 Å². The first kappa shape index (κ1) is 13.2. The molecule has 2 nitrogen and oxygen atoms in total. The van der Waals surface area contributed by atoms with Gasteiger partial charge < -0.3 is 0 Å². The Kier molecular flexibility index (Phi) is 4.74. The number of thioether (sulfide) groups is 1. The zero-order valence-corrected chi connectivity index (χ0v) is 11.7. The number of nitrogens with one attached hydrogen (secondary N) is 1. The van der Waals surface area contributed by atoms with Crippen LogP contribution in [0.25, 0.3) is 0 Å². The van der Waals surface area contributed by atoms with Gasteiger partial charge in [-0.05, 0) is 54.4 Å². The van der Waals surface area contributed by atoms with Gasteiger partial charge in [0.15, 0.2) is 0 Å². The van der Waals surface area contributed by atoms with Gasteiger partial charge in [-0.25, -0.2) is 0 Å². The lowest BCUT2D eigenvalue weighted by molar-refractivity contribution is 0.386. The largest absolute Gasteiger partial charge is 0.271 e. The van der Waals surface area contributed by atoms with Crippen LogP contribution in [0.5, 0.6) is 0 Å². The summed E-state index contributed by atoms with van der Waals surface area (Å²) in [4.78, 5) is 0. The first-order chi connectivity index (χ1) is 8.20. The zero-order chi connectivity index (χ0) is 12.3. The van der Waals surface area contributed by atoms with Gasteiger partial charge >= 0.3 is 0 Å². The van der Waals surface area contributed by atoms with Gasteiger partial charge in [0.1, 0.15) is 0 Å². The Morgan fingerprint density at radius 2 is 2.41 bits per heavy atom. The van der Waals surface area contributed by atoms with Crippen LogP contribution in [0, 0.1) is 12.8 Å². The van der Waals surface area contributed by atoms with Crippen molar-refractivity contribution in [2.45, 2.75) is 25.8 Å². The van der Waals surface area contributed by atoms with Crippen molar-refractivity contribution < 1.29 is 0 Å². The predicted molar refractivity (Wildman–Crippen MR) is 76.4 cm³/mol. The quantitative estimate of drug-likeness (QED) is 0.653. The maximum Gasteiger partial charge on any atom is 0.0441 e. The summed E-state index contributed by atoms with van der Waals surface area (Å²) in [6.07, 6.45) is 2.17. The summed E-state index contributed by atoms with van der Waals surface area (Å²) in [6.45, 7) is 2.06. The molecule has 4 heteroatoms. The maximum absolute atomic E-state index is 6.26. The summed E-state index contributed by atoms with van der Waals surface area (Å²) < 4.78 is 0. The highest BCUT2D eigenvalue weighted by Crippen LogP contribution is 2.29. The summed E-state index contributed by atoms with van der Waals surface area (Å²) in [7, 11) is 0. The molecule has 1 aliphatic heterocycles. The lowest BCUT2D eigenvalue weighted by Crippen LogP contribution is -2.42. The first-order valence-electron chi connectivity index (χ1n) is 5.99. The van der Waals surface area contributed by atoms with Crippen LogP contribution in [-0.4, -0.2) is 17.5 Å². The van der Waals surface area contributed by atoms with E-state index in [1.807, 2.05) is 17.8 Å². The third-order valence-electron chi connectivity index (χ3n) is 3.40. The fourth-order valence-electron chi connectivity index (χ4n) is 2.29. The molecule has 0 spiro atoms. The minimum absolute atomic E-state index is 0.338. The Bertz CT molecular complexity index is 378. The Hall–Kier alpha value is -0.220. The normalized spacial score (nSPS) is 21.7. The first-order valence-corrected chi connectivity index (χ1v) is 7.53.